The lowest BCUT2D eigenvalue weighted by Gasteiger charge is -2.18. The van der Waals surface area contributed by atoms with Gasteiger partial charge >= 0.3 is 5.97 Å². The van der Waals surface area contributed by atoms with Crippen molar-refractivity contribution in [1.82, 2.24) is 0 Å². The summed E-state index contributed by atoms with van der Waals surface area (Å²) in [5.74, 6) is -0.0475. The predicted molar refractivity (Wildman–Crippen MR) is 70.7 cm³/mol. The van der Waals surface area contributed by atoms with E-state index in [2.05, 4.69) is 0 Å². The summed E-state index contributed by atoms with van der Waals surface area (Å²) in [4.78, 5) is 22.8. The average Bonchev–Trinajstić information content (AvgIpc) is 3.28. The average molecular weight is 279 g/mol. The number of hydrogen-bond donors (Lipinski definition) is 1. The third kappa shape index (κ3) is 3.01. The quantitative estimate of drug-likeness (QED) is 0.788. The van der Waals surface area contributed by atoms with Crippen LogP contribution in [0.2, 0.25) is 0 Å². The smallest absolute Gasteiger partial charge is 0.347 e. The molecule has 0 aliphatic heterocycles. The van der Waals surface area contributed by atoms with Gasteiger partial charge in [-0.25, -0.2) is 4.79 Å². The highest BCUT2D eigenvalue weighted by Crippen LogP contribution is 2.38. The van der Waals surface area contributed by atoms with E-state index in [1.807, 2.05) is 0 Å². The number of hydrogen-bond acceptors (Lipinski definition) is 5. The van der Waals surface area contributed by atoms with Gasteiger partial charge in [0.25, 0.3) is 0 Å². The van der Waals surface area contributed by atoms with Gasteiger partial charge in [-0.05, 0) is 31.0 Å². The predicted octanol–water partition coefficient (Wildman–Crippen LogP) is 1.12. The molecule has 2 rings (SSSR count). The number of ether oxygens (including phenoxy) is 3. The molecule has 6 heteroatoms. The van der Waals surface area contributed by atoms with Gasteiger partial charge in [-0.15, -0.1) is 0 Å². The van der Waals surface area contributed by atoms with Crippen molar-refractivity contribution < 1.29 is 23.8 Å². The Morgan fingerprint density at radius 1 is 1.25 bits per heavy atom. The van der Waals surface area contributed by atoms with E-state index < -0.39 is 18.0 Å². The monoisotopic (exact) mass is 279 g/mol. The van der Waals surface area contributed by atoms with Crippen LogP contribution in [0.1, 0.15) is 23.2 Å². The normalized spacial score (nSPS) is 15.3. The SMILES string of the molecule is COC(=O)C(Oc1ccc(C(N)=O)cc1OC)C1CC1. The number of primary amides is 1. The first-order valence-corrected chi connectivity index (χ1v) is 6.29. The van der Waals surface area contributed by atoms with E-state index in [4.69, 9.17) is 19.9 Å². The van der Waals surface area contributed by atoms with E-state index in [0.717, 1.165) is 12.8 Å². The van der Waals surface area contributed by atoms with E-state index in [9.17, 15) is 9.59 Å². The molecule has 1 saturated carbocycles. The third-order valence-electron chi connectivity index (χ3n) is 3.19. The van der Waals surface area contributed by atoms with E-state index >= 15 is 0 Å². The molecule has 108 valence electrons. The van der Waals surface area contributed by atoms with Gasteiger partial charge in [-0.3, -0.25) is 4.79 Å². The zero-order valence-corrected chi connectivity index (χ0v) is 11.4. The topological polar surface area (TPSA) is 87.9 Å². The molecule has 0 aromatic heterocycles. The molecule has 0 bridgehead atoms. The van der Waals surface area contributed by atoms with Crippen LogP contribution in [0.25, 0.3) is 0 Å². The molecule has 1 aliphatic rings. The van der Waals surface area contributed by atoms with Crippen molar-refractivity contribution in [1.29, 1.82) is 0 Å². The highest BCUT2D eigenvalue weighted by atomic mass is 16.6. The Morgan fingerprint density at radius 3 is 2.45 bits per heavy atom. The van der Waals surface area contributed by atoms with Crippen LogP contribution in [0, 0.1) is 5.92 Å². The van der Waals surface area contributed by atoms with Crippen molar-refractivity contribution in [2.45, 2.75) is 18.9 Å². The van der Waals surface area contributed by atoms with Crippen molar-refractivity contribution in [3.8, 4) is 11.5 Å². The maximum Gasteiger partial charge on any atom is 0.347 e. The number of nitrogens with two attached hydrogens (primary N) is 1. The van der Waals surface area contributed by atoms with Gasteiger partial charge in [0.2, 0.25) is 5.91 Å². The maximum absolute atomic E-state index is 11.7. The third-order valence-corrected chi connectivity index (χ3v) is 3.19. The van der Waals surface area contributed by atoms with Crippen LogP contribution in [0.15, 0.2) is 18.2 Å². The molecule has 6 nitrogen and oxygen atoms in total. The highest BCUT2D eigenvalue weighted by Gasteiger charge is 2.39. The summed E-state index contributed by atoms with van der Waals surface area (Å²) in [6.45, 7) is 0. The lowest BCUT2D eigenvalue weighted by Crippen LogP contribution is -2.30. The van der Waals surface area contributed by atoms with Crippen LogP contribution >= 0.6 is 0 Å². The first kappa shape index (κ1) is 14.2. The van der Waals surface area contributed by atoms with Crippen LogP contribution in [0.4, 0.5) is 0 Å². The van der Waals surface area contributed by atoms with Crippen molar-refractivity contribution in [2.75, 3.05) is 14.2 Å². The molecule has 20 heavy (non-hydrogen) atoms. The van der Waals surface area contributed by atoms with Crippen molar-refractivity contribution in [2.24, 2.45) is 11.7 Å². The zero-order valence-electron chi connectivity index (χ0n) is 11.4. The Labute approximate surface area is 116 Å². The summed E-state index contributed by atoms with van der Waals surface area (Å²) >= 11 is 0. The van der Waals surface area contributed by atoms with Gasteiger partial charge in [0, 0.05) is 11.5 Å². The van der Waals surface area contributed by atoms with Crippen molar-refractivity contribution in [3.05, 3.63) is 23.8 Å². The fraction of sp³-hybridized carbons (Fsp3) is 0.429. The molecule has 0 heterocycles. The fourth-order valence-electron chi connectivity index (χ4n) is 1.91. The van der Waals surface area contributed by atoms with Crippen molar-refractivity contribution >= 4 is 11.9 Å². The number of carbonyl (C=O) groups is 2. The molecular weight excluding hydrogens is 262 g/mol. The number of benzene rings is 1. The standard InChI is InChI=1S/C14H17NO5/c1-18-11-7-9(13(15)16)5-6-10(11)20-12(8-3-4-8)14(17)19-2/h5-8,12H,3-4H2,1-2H3,(H2,15,16). The number of carbonyl (C=O) groups excluding carboxylic acids is 2. The highest BCUT2D eigenvalue weighted by molar-refractivity contribution is 5.93. The summed E-state index contributed by atoms with van der Waals surface area (Å²) in [6.07, 6.45) is 1.22. The maximum atomic E-state index is 11.7. The van der Waals surface area contributed by atoms with Crippen LogP contribution < -0.4 is 15.2 Å². The van der Waals surface area contributed by atoms with E-state index in [1.165, 1.54) is 26.4 Å². The molecule has 1 aromatic rings. The van der Waals surface area contributed by atoms with E-state index in [-0.39, 0.29) is 5.92 Å². The van der Waals surface area contributed by atoms with Crippen LogP contribution in [-0.4, -0.2) is 32.2 Å². The van der Waals surface area contributed by atoms with Crippen LogP contribution in [0.3, 0.4) is 0 Å². The summed E-state index contributed by atoms with van der Waals surface area (Å²) in [5.41, 5.74) is 5.52. The van der Waals surface area contributed by atoms with Gasteiger partial charge in [0.1, 0.15) is 0 Å². The first-order chi connectivity index (χ1) is 9.56. The summed E-state index contributed by atoms with van der Waals surface area (Å²) < 4.78 is 15.6. The van der Waals surface area contributed by atoms with Gasteiger partial charge in [0.15, 0.2) is 17.6 Å². The second-order valence-electron chi connectivity index (χ2n) is 4.63. The van der Waals surface area contributed by atoms with E-state index in [0.29, 0.717) is 17.1 Å². The first-order valence-electron chi connectivity index (χ1n) is 6.29. The lowest BCUT2D eigenvalue weighted by atomic mass is 10.2. The zero-order chi connectivity index (χ0) is 14.7. The molecule has 1 amide bonds. The van der Waals surface area contributed by atoms with Crippen LogP contribution in [-0.2, 0) is 9.53 Å². The van der Waals surface area contributed by atoms with Gasteiger partial charge in [0.05, 0.1) is 14.2 Å². The molecule has 1 aromatic carbocycles. The summed E-state index contributed by atoms with van der Waals surface area (Å²) in [6, 6.07) is 4.58. The van der Waals surface area contributed by atoms with E-state index in [1.54, 1.807) is 6.07 Å². The number of esters is 1. The Balaban J connectivity index is 2.23. The summed E-state index contributed by atoms with van der Waals surface area (Å²) in [7, 11) is 2.78. The van der Waals surface area contributed by atoms with Gasteiger partial charge in [-0.1, -0.05) is 0 Å². The molecule has 1 fully saturated rings. The minimum absolute atomic E-state index is 0.169. The lowest BCUT2D eigenvalue weighted by molar-refractivity contribution is -0.149. The molecule has 0 spiro atoms. The second kappa shape index (κ2) is 5.81. The Hall–Kier alpha value is -2.24. The molecule has 2 N–H and O–H groups in total. The second-order valence-corrected chi connectivity index (χ2v) is 4.63. The van der Waals surface area contributed by atoms with Gasteiger partial charge < -0.3 is 19.9 Å². The largest absolute Gasteiger partial charge is 0.493 e. The fourth-order valence-corrected chi connectivity index (χ4v) is 1.91. The van der Waals surface area contributed by atoms with Crippen molar-refractivity contribution in [3.63, 3.8) is 0 Å². The number of rotatable bonds is 6. The molecule has 0 saturated heterocycles. The number of amides is 1. The Bertz CT molecular complexity index is 524. The number of methoxy groups -OCH3 is 2. The Morgan fingerprint density at radius 2 is 1.95 bits per heavy atom. The minimum Gasteiger partial charge on any atom is -0.493 e. The molecule has 0 radical (unpaired) electrons. The summed E-state index contributed by atoms with van der Waals surface area (Å²) in [5, 5.41) is 0. The minimum atomic E-state index is -0.645. The molecular formula is C14H17NO5. The molecule has 1 atom stereocenters. The van der Waals surface area contributed by atoms with Crippen LogP contribution in [0.5, 0.6) is 11.5 Å². The Kier molecular flexibility index (Phi) is 4.12. The molecule has 1 unspecified atom stereocenters. The molecule has 1 aliphatic carbocycles. The van der Waals surface area contributed by atoms with Gasteiger partial charge in [-0.2, -0.15) is 0 Å².